The maximum atomic E-state index is 12.7. The quantitative estimate of drug-likeness (QED) is 0.360. The van der Waals surface area contributed by atoms with Gasteiger partial charge < -0.3 is 20.1 Å². The third-order valence-corrected chi connectivity index (χ3v) is 5.03. The Hall–Kier alpha value is -4.85. The minimum Gasteiger partial charge on any atom is -0.493 e. The highest BCUT2D eigenvalue weighted by molar-refractivity contribution is 5.94. The lowest BCUT2D eigenvalue weighted by molar-refractivity contribution is -0.137. The number of nitrogens with one attached hydrogen (secondary N) is 2. The number of fused-ring (bicyclic) bond motifs is 1. The third kappa shape index (κ3) is 5.61. The van der Waals surface area contributed by atoms with Crippen LogP contribution in [0.4, 0.5) is 30.4 Å². The van der Waals surface area contributed by atoms with Crippen LogP contribution < -0.4 is 20.1 Å². The first-order valence-electron chi connectivity index (χ1n) is 10.5. The van der Waals surface area contributed by atoms with Crippen LogP contribution in [-0.2, 0) is 11.0 Å². The van der Waals surface area contributed by atoms with Gasteiger partial charge in [-0.15, -0.1) is 0 Å². The molecule has 3 aromatic carbocycles. The molecule has 0 aliphatic heterocycles. The molecule has 0 atom stereocenters. The Kier molecular flexibility index (Phi) is 6.87. The summed E-state index contributed by atoms with van der Waals surface area (Å²) < 4.78 is 49.1. The van der Waals surface area contributed by atoms with Crippen molar-refractivity contribution in [2.24, 2.45) is 0 Å². The Balaban J connectivity index is 1.52. The van der Waals surface area contributed by atoms with Crippen molar-refractivity contribution in [2.75, 3.05) is 24.4 Å². The summed E-state index contributed by atoms with van der Waals surface area (Å²) in [6.07, 6.45) is -3.09. The number of hydrogen-bond acceptors (Lipinski definition) is 7. The van der Waals surface area contributed by atoms with E-state index in [0.29, 0.717) is 33.7 Å². The Morgan fingerprint density at radius 3 is 2.50 bits per heavy atom. The molecule has 1 aromatic heterocycles. The SMILES string of the molecule is COc1cc2ncnc(Nc3cccc(C#N)c3)c2cc1OCC(=O)Nc1ccc(C(F)(F)F)cc1. The van der Waals surface area contributed by atoms with Crippen LogP contribution in [0, 0.1) is 11.3 Å². The van der Waals surface area contributed by atoms with E-state index < -0.39 is 24.3 Å². The Morgan fingerprint density at radius 2 is 1.81 bits per heavy atom. The second kappa shape index (κ2) is 10.2. The number of hydrogen-bond donors (Lipinski definition) is 2. The molecule has 11 heteroatoms. The lowest BCUT2D eigenvalue weighted by atomic mass is 10.2. The zero-order valence-electron chi connectivity index (χ0n) is 18.8. The van der Waals surface area contributed by atoms with Gasteiger partial charge in [0.25, 0.3) is 5.91 Å². The molecule has 0 aliphatic rings. The first kappa shape index (κ1) is 24.3. The molecule has 0 unspecified atom stereocenters. The smallest absolute Gasteiger partial charge is 0.416 e. The first-order chi connectivity index (χ1) is 17.3. The van der Waals surface area contributed by atoms with Gasteiger partial charge in [0.2, 0.25) is 0 Å². The summed E-state index contributed by atoms with van der Waals surface area (Å²) in [7, 11) is 1.43. The molecule has 4 aromatic rings. The standard InChI is InChI=1S/C25H18F3N5O3/c1-35-21-11-20-19(24(31-14-30-20)33-18-4-2-3-15(9-18)12-29)10-22(21)36-13-23(34)32-17-7-5-16(6-8-17)25(26,27)28/h2-11,14H,13H2,1H3,(H,32,34)(H,30,31,33). The second-order valence-corrected chi connectivity index (χ2v) is 7.47. The number of aromatic nitrogens is 2. The zero-order valence-corrected chi connectivity index (χ0v) is 18.8. The summed E-state index contributed by atoms with van der Waals surface area (Å²) in [5.74, 6) is 0.418. The van der Waals surface area contributed by atoms with Crippen LogP contribution in [-0.4, -0.2) is 29.6 Å². The van der Waals surface area contributed by atoms with Crippen LogP contribution in [0.15, 0.2) is 67.0 Å². The minimum absolute atomic E-state index is 0.196. The molecule has 4 rings (SSSR count). The molecule has 182 valence electrons. The van der Waals surface area contributed by atoms with E-state index in [4.69, 9.17) is 14.7 Å². The van der Waals surface area contributed by atoms with Crippen molar-refractivity contribution in [1.29, 1.82) is 5.26 Å². The van der Waals surface area contributed by atoms with E-state index in [1.807, 2.05) is 0 Å². The number of amides is 1. The maximum absolute atomic E-state index is 12.7. The van der Waals surface area contributed by atoms with Gasteiger partial charge in [-0.2, -0.15) is 18.4 Å². The third-order valence-electron chi connectivity index (χ3n) is 5.03. The van der Waals surface area contributed by atoms with E-state index in [9.17, 15) is 18.0 Å². The molecule has 0 fully saturated rings. The van der Waals surface area contributed by atoms with Gasteiger partial charge in [-0.05, 0) is 48.5 Å². The van der Waals surface area contributed by atoms with Gasteiger partial charge in [0.05, 0.1) is 29.8 Å². The Morgan fingerprint density at radius 1 is 1.03 bits per heavy atom. The minimum atomic E-state index is -4.46. The summed E-state index contributed by atoms with van der Waals surface area (Å²) in [6, 6.07) is 16.2. The topological polar surface area (TPSA) is 109 Å². The van der Waals surface area contributed by atoms with Crippen LogP contribution >= 0.6 is 0 Å². The van der Waals surface area contributed by atoms with Gasteiger partial charge in [-0.3, -0.25) is 4.79 Å². The number of alkyl halides is 3. The highest BCUT2D eigenvalue weighted by atomic mass is 19.4. The molecule has 1 heterocycles. The van der Waals surface area contributed by atoms with Gasteiger partial charge in [0, 0.05) is 22.8 Å². The van der Waals surface area contributed by atoms with Crippen LogP contribution in [0.25, 0.3) is 10.9 Å². The van der Waals surface area contributed by atoms with E-state index >= 15 is 0 Å². The fourth-order valence-corrected chi connectivity index (χ4v) is 3.32. The zero-order chi connectivity index (χ0) is 25.7. The number of carbonyl (C=O) groups excluding carboxylic acids is 1. The van der Waals surface area contributed by atoms with Crippen LogP contribution in [0.3, 0.4) is 0 Å². The summed E-state index contributed by atoms with van der Waals surface area (Å²) in [4.78, 5) is 20.8. The molecule has 0 radical (unpaired) electrons. The number of carbonyl (C=O) groups is 1. The lowest BCUT2D eigenvalue weighted by Crippen LogP contribution is -2.20. The highest BCUT2D eigenvalue weighted by Crippen LogP contribution is 2.35. The largest absolute Gasteiger partial charge is 0.493 e. The van der Waals surface area contributed by atoms with Gasteiger partial charge in [0.1, 0.15) is 12.1 Å². The Labute approximate surface area is 203 Å². The number of nitriles is 1. The maximum Gasteiger partial charge on any atom is 0.416 e. The molecule has 8 nitrogen and oxygen atoms in total. The van der Waals surface area contributed by atoms with E-state index in [1.165, 1.54) is 13.4 Å². The normalized spacial score (nSPS) is 11.0. The summed E-state index contributed by atoms with van der Waals surface area (Å²) in [5, 5.41) is 15.3. The number of methoxy groups -OCH3 is 1. The number of benzene rings is 3. The van der Waals surface area contributed by atoms with Crippen molar-refractivity contribution in [3.05, 3.63) is 78.1 Å². The van der Waals surface area contributed by atoms with Crippen molar-refractivity contribution in [1.82, 2.24) is 9.97 Å². The van der Waals surface area contributed by atoms with Crippen LogP contribution in [0.5, 0.6) is 11.5 Å². The number of halogens is 3. The molecular weight excluding hydrogens is 475 g/mol. The predicted octanol–water partition coefficient (Wildman–Crippen LogP) is 5.29. The van der Waals surface area contributed by atoms with Crippen molar-refractivity contribution in [3.63, 3.8) is 0 Å². The van der Waals surface area contributed by atoms with E-state index in [2.05, 4.69) is 26.7 Å². The Bertz CT molecular complexity index is 1450. The van der Waals surface area contributed by atoms with E-state index in [1.54, 1.807) is 36.4 Å². The van der Waals surface area contributed by atoms with Crippen molar-refractivity contribution < 1.29 is 27.4 Å². The molecule has 2 N–H and O–H groups in total. The molecule has 0 aliphatic carbocycles. The average molecular weight is 493 g/mol. The molecule has 0 saturated heterocycles. The molecule has 0 saturated carbocycles. The predicted molar refractivity (Wildman–Crippen MR) is 126 cm³/mol. The number of ether oxygens (including phenoxy) is 2. The molecular formula is C25H18F3N5O3. The number of rotatable bonds is 7. The van der Waals surface area contributed by atoms with E-state index in [-0.39, 0.29) is 11.4 Å². The van der Waals surface area contributed by atoms with Crippen molar-refractivity contribution in [2.45, 2.75) is 6.18 Å². The fourth-order valence-electron chi connectivity index (χ4n) is 3.32. The monoisotopic (exact) mass is 493 g/mol. The summed E-state index contributed by atoms with van der Waals surface area (Å²) in [6.45, 7) is -0.427. The van der Waals surface area contributed by atoms with Gasteiger partial charge in [0.15, 0.2) is 18.1 Å². The molecule has 0 spiro atoms. The second-order valence-electron chi connectivity index (χ2n) is 7.47. The highest BCUT2D eigenvalue weighted by Gasteiger charge is 2.30. The van der Waals surface area contributed by atoms with Crippen LogP contribution in [0.2, 0.25) is 0 Å². The van der Waals surface area contributed by atoms with Crippen LogP contribution in [0.1, 0.15) is 11.1 Å². The number of anilines is 3. The summed E-state index contributed by atoms with van der Waals surface area (Å²) in [5.41, 5.74) is 1.04. The molecule has 36 heavy (non-hydrogen) atoms. The van der Waals surface area contributed by atoms with E-state index in [0.717, 1.165) is 24.3 Å². The van der Waals surface area contributed by atoms with Gasteiger partial charge >= 0.3 is 6.18 Å². The van der Waals surface area contributed by atoms with Crippen molar-refractivity contribution in [3.8, 4) is 17.6 Å². The molecule has 0 bridgehead atoms. The summed E-state index contributed by atoms with van der Waals surface area (Å²) >= 11 is 0. The molecule has 1 amide bonds. The first-order valence-corrected chi connectivity index (χ1v) is 10.5. The fraction of sp³-hybridized carbons (Fsp3) is 0.120. The van der Waals surface area contributed by atoms with Crippen molar-refractivity contribution >= 4 is 34.0 Å². The average Bonchev–Trinajstić information content (AvgIpc) is 2.87. The number of nitrogens with zero attached hydrogens (tertiary/aromatic N) is 3. The lowest BCUT2D eigenvalue weighted by Gasteiger charge is -2.14. The van der Waals surface area contributed by atoms with Gasteiger partial charge in [-0.1, -0.05) is 6.07 Å². The van der Waals surface area contributed by atoms with Gasteiger partial charge in [-0.25, -0.2) is 9.97 Å².